The highest BCUT2D eigenvalue weighted by molar-refractivity contribution is 14.1. The van der Waals surface area contributed by atoms with Gasteiger partial charge in [0, 0.05) is 0 Å². The molecule has 0 radical (unpaired) electrons. The fourth-order valence-corrected chi connectivity index (χ4v) is 1.50. The standard InChI is InChI=1S/C8H3FINO2/c9-6-4(3-11)1-2-5(7(6)10)8(12)13/h1-2H,(H,12,13). The number of hydrogen-bond donors (Lipinski definition) is 1. The summed E-state index contributed by atoms with van der Waals surface area (Å²) in [6.45, 7) is 0. The van der Waals surface area contributed by atoms with Gasteiger partial charge in [-0.3, -0.25) is 0 Å². The fourth-order valence-electron chi connectivity index (χ4n) is 0.801. The van der Waals surface area contributed by atoms with Crippen LogP contribution in [0.25, 0.3) is 0 Å². The number of halogens is 2. The van der Waals surface area contributed by atoms with Crippen LogP contribution < -0.4 is 0 Å². The Bertz CT molecular complexity index is 411. The minimum absolute atomic E-state index is 0.0378. The van der Waals surface area contributed by atoms with Gasteiger partial charge in [-0.15, -0.1) is 0 Å². The lowest BCUT2D eigenvalue weighted by atomic mass is 10.1. The maximum atomic E-state index is 13.1. The molecule has 1 N–H and O–H groups in total. The van der Waals surface area contributed by atoms with Crippen LogP contribution in [-0.4, -0.2) is 11.1 Å². The molecule has 0 atom stereocenters. The van der Waals surface area contributed by atoms with Crippen LogP contribution >= 0.6 is 22.6 Å². The van der Waals surface area contributed by atoms with Gasteiger partial charge in [0.05, 0.1) is 14.7 Å². The van der Waals surface area contributed by atoms with E-state index >= 15 is 0 Å². The average molecular weight is 291 g/mol. The number of carboxylic acids is 1. The highest BCUT2D eigenvalue weighted by atomic mass is 127. The van der Waals surface area contributed by atoms with Crippen LogP contribution in [0.2, 0.25) is 0 Å². The first-order chi connectivity index (χ1) is 6.07. The number of aromatic carboxylic acids is 1. The van der Waals surface area contributed by atoms with Crippen LogP contribution in [0.4, 0.5) is 4.39 Å². The topological polar surface area (TPSA) is 61.1 Å². The molecule has 13 heavy (non-hydrogen) atoms. The SMILES string of the molecule is N#Cc1ccc(C(=O)O)c(I)c1F. The Morgan fingerprint density at radius 1 is 1.62 bits per heavy atom. The Kier molecular flexibility index (Phi) is 2.83. The van der Waals surface area contributed by atoms with Crippen molar-refractivity contribution in [1.29, 1.82) is 5.26 Å². The molecule has 1 aromatic carbocycles. The summed E-state index contributed by atoms with van der Waals surface area (Å²) < 4.78 is 13.1. The van der Waals surface area contributed by atoms with Crippen molar-refractivity contribution in [3.8, 4) is 6.07 Å². The number of hydrogen-bond acceptors (Lipinski definition) is 2. The van der Waals surface area contributed by atoms with Crippen molar-refractivity contribution >= 4 is 28.6 Å². The minimum Gasteiger partial charge on any atom is -0.478 e. The molecule has 0 heterocycles. The smallest absolute Gasteiger partial charge is 0.336 e. The Balaban J connectivity index is 3.42. The Hall–Kier alpha value is -1.16. The van der Waals surface area contributed by atoms with Crippen LogP contribution in [0.3, 0.4) is 0 Å². The molecular formula is C8H3FINO2. The van der Waals surface area contributed by atoms with E-state index in [9.17, 15) is 9.18 Å². The highest BCUT2D eigenvalue weighted by Crippen LogP contribution is 2.19. The zero-order chi connectivity index (χ0) is 10.0. The van der Waals surface area contributed by atoms with Gasteiger partial charge in [0.15, 0.2) is 5.82 Å². The van der Waals surface area contributed by atoms with E-state index in [1.807, 2.05) is 0 Å². The van der Waals surface area contributed by atoms with Crippen molar-refractivity contribution in [3.05, 3.63) is 32.6 Å². The second kappa shape index (κ2) is 3.70. The van der Waals surface area contributed by atoms with Crippen molar-refractivity contribution in [2.24, 2.45) is 0 Å². The second-order valence-corrected chi connectivity index (χ2v) is 3.28. The third kappa shape index (κ3) is 1.78. The summed E-state index contributed by atoms with van der Waals surface area (Å²) in [5.41, 5.74) is -0.272. The van der Waals surface area contributed by atoms with E-state index in [1.54, 1.807) is 28.7 Å². The van der Waals surface area contributed by atoms with Crippen LogP contribution in [0.5, 0.6) is 0 Å². The van der Waals surface area contributed by atoms with Gasteiger partial charge in [-0.05, 0) is 34.7 Å². The van der Waals surface area contributed by atoms with E-state index in [2.05, 4.69) is 0 Å². The molecule has 0 spiro atoms. The molecule has 66 valence electrons. The lowest BCUT2D eigenvalue weighted by Gasteiger charge is -2.00. The molecule has 5 heteroatoms. The molecule has 0 aromatic heterocycles. The monoisotopic (exact) mass is 291 g/mol. The Labute approximate surface area is 86.9 Å². The molecule has 0 fully saturated rings. The number of rotatable bonds is 1. The molecule has 0 bridgehead atoms. The first kappa shape index (κ1) is 9.92. The maximum Gasteiger partial charge on any atom is 0.336 e. The van der Waals surface area contributed by atoms with Crippen molar-refractivity contribution < 1.29 is 14.3 Å². The van der Waals surface area contributed by atoms with Gasteiger partial charge in [0.2, 0.25) is 0 Å². The van der Waals surface area contributed by atoms with E-state index in [0.717, 1.165) is 6.07 Å². The van der Waals surface area contributed by atoms with E-state index in [0.29, 0.717) is 0 Å². The van der Waals surface area contributed by atoms with Crippen LogP contribution in [0, 0.1) is 20.7 Å². The first-order valence-electron chi connectivity index (χ1n) is 3.19. The van der Waals surface area contributed by atoms with Crippen LogP contribution in [-0.2, 0) is 0 Å². The van der Waals surface area contributed by atoms with Crippen molar-refractivity contribution in [3.63, 3.8) is 0 Å². The highest BCUT2D eigenvalue weighted by Gasteiger charge is 2.14. The van der Waals surface area contributed by atoms with Gasteiger partial charge in [0.25, 0.3) is 0 Å². The Morgan fingerprint density at radius 2 is 2.23 bits per heavy atom. The minimum atomic E-state index is -1.20. The predicted octanol–water partition coefficient (Wildman–Crippen LogP) is 2.00. The van der Waals surface area contributed by atoms with Gasteiger partial charge in [-0.1, -0.05) is 0 Å². The fraction of sp³-hybridized carbons (Fsp3) is 0. The lowest BCUT2D eigenvalue weighted by Crippen LogP contribution is -2.03. The number of benzene rings is 1. The van der Waals surface area contributed by atoms with E-state index in [1.165, 1.54) is 6.07 Å². The molecule has 3 nitrogen and oxygen atoms in total. The molecule has 1 rings (SSSR count). The summed E-state index contributed by atoms with van der Waals surface area (Å²) in [5.74, 6) is -1.98. The molecule has 0 saturated heterocycles. The van der Waals surface area contributed by atoms with Gasteiger partial charge >= 0.3 is 5.97 Å². The van der Waals surface area contributed by atoms with Crippen molar-refractivity contribution in [2.75, 3.05) is 0 Å². The largest absolute Gasteiger partial charge is 0.478 e. The van der Waals surface area contributed by atoms with Gasteiger partial charge in [0.1, 0.15) is 6.07 Å². The van der Waals surface area contributed by atoms with Gasteiger partial charge in [-0.25, -0.2) is 9.18 Å². The molecular weight excluding hydrogens is 288 g/mol. The van der Waals surface area contributed by atoms with E-state index < -0.39 is 11.8 Å². The predicted molar refractivity (Wildman–Crippen MR) is 50.8 cm³/mol. The van der Waals surface area contributed by atoms with E-state index in [-0.39, 0.29) is 14.7 Å². The number of carboxylic acid groups (broad SMARTS) is 1. The Morgan fingerprint density at radius 3 is 2.69 bits per heavy atom. The molecule has 1 aromatic rings. The summed E-state index contributed by atoms with van der Waals surface area (Å²) in [6.07, 6.45) is 0. The zero-order valence-electron chi connectivity index (χ0n) is 6.21. The van der Waals surface area contributed by atoms with Gasteiger partial charge in [-0.2, -0.15) is 5.26 Å². The number of nitrogens with zero attached hydrogens (tertiary/aromatic N) is 1. The maximum absolute atomic E-state index is 13.1. The van der Waals surface area contributed by atoms with Crippen LogP contribution in [0.1, 0.15) is 15.9 Å². The summed E-state index contributed by atoms with van der Waals surface area (Å²) in [4.78, 5) is 10.5. The molecule has 0 amide bonds. The van der Waals surface area contributed by atoms with Crippen molar-refractivity contribution in [2.45, 2.75) is 0 Å². The summed E-state index contributed by atoms with van der Waals surface area (Å²) in [5, 5.41) is 17.0. The van der Waals surface area contributed by atoms with E-state index in [4.69, 9.17) is 10.4 Å². The lowest BCUT2D eigenvalue weighted by molar-refractivity contribution is 0.0695. The molecule has 0 unspecified atom stereocenters. The third-order valence-corrected chi connectivity index (χ3v) is 2.49. The van der Waals surface area contributed by atoms with Gasteiger partial charge < -0.3 is 5.11 Å². The van der Waals surface area contributed by atoms with Crippen molar-refractivity contribution in [1.82, 2.24) is 0 Å². The average Bonchev–Trinajstić information content (AvgIpc) is 2.09. The molecule has 0 aliphatic carbocycles. The first-order valence-corrected chi connectivity index (χ1v) is 4.27. The summed E-state index contributed by atoms with van der Waals surface area (Å²) >= 11 is 1.56. The molecule has 0 saturated carbocycles. The summed E-state index contributed by atoms with van der Waals surface area (Å²) in [6, 6.07) is 4.00. The normalized spacial score (nSPS) is 9.31. The molecule has 0 aliphatic heterocycles. The number of nitriles is 1. The number of carbonyl (C=O) groups is 1. The molecule has 0 aliphatic rings. The second-order valence-electron chi connectivity index (χ2n) is 2.21. The quantitative estimate of drug-likeness (QED) is 0.805. The summed E-state index contributed by atoms with van der Waals surface area (Å²) in [7, 11) is 0. The zero-order valence-corrected chi connectivity index (χ0v) is 8.37. The third-order valence-electron chi connectivity index (χ3n) is 1.43. The van der Waals surface area contributed by atoms with Crippen LogP contribution in [0.15, 0.2) is 12.1 Å².